The maximum atomic E-state index is 12.4. The van der Waals surface area contributed by atoms with Crippen molar-refractivity contribution in [1.82, 2.24) is 15.2 Å². The predicted molar refractivity (Wildman–Crippen MR) is 87.3 cm³/mol. The highest BCUT2D eigenvalue weighted by Crippen LogP contribution is 2.33. The van der Waals surface area contributed by atoms with Gasteiger partial charge in [-0.05, 0) is 18.6 Å². The molecule has 0 radical (unpaired) electrons. The van der Waals surface area contributed by atoms with Crippen molar-refractivity contribution in [2.24, 2.45) is 11.5 Å². The van der Waals surface area contributed by atoms with E-state index in [1.54, 1.807) is 24.4 Å². The van der Waals surface area contributed by atoms with Gasteiger partial charge < -0.3 is 21.5 Å². The summed E-state index contributed by atoms with van der Waals surface area (Å²) >= 11 is 0. The van der Waals surface area contributed by atoms with E-state index in [2.05, 4.69) is 15.2 Å². The van der Waals surface area contributed by atoms with E-state index in [0.717, 1.165) is 13.1 Å². The lowest BCUT2D eigenvalue weighted by molar-refractivity contribution is -0.125. The second-order valence-electron chi connectivity index (χ2n) is 5.96. The summed E-state index contributed by atoms with van der Waals surface area (Å²) in [4.78, 5) is 30.5. The molecule has 0 saturated carbocycles. The van der Waals surface area contributed by atoms with Gasteiger partial charge in [0.2, 0.25) is 5.91 Å². The van der Waals surface area contributed by atoms with Crippen LogP contribution in [-0.2, 0) is 19.9 Å². The maximum absolute atomic E-state index is 12.4. The van der Waals surface area contributed by atoms with E-state index in [-0.39, 0.29) is 5.70 Å². The molecule has 2 aliphatic rings. The number of fused-ring (bicyclic) bond motifs is 1. The molecule has 0 aliphatic carbocycles. The Morgan fingerprint density at radius 1 is 1.33 bits per heavy atom. The molecule has 2 aliphatic heterocycles. The van der Waals surface area contributed by atoms with Crippen molar-refractivity contribution < 1.29 is 14.3 Å². The van der Waals surface area contributed by atoms with E-state index in [4.69, 9.17) is 16.2 Å². The first-order chi connectivity index (χ1) is 11.5. The lowest BCUT2D eigenvalue weighted by Crippen LogP contribution is -2.57. The van der Waals surface area contributed by atoms with Gasteiger partial charge in [-0.15, -0.1) is 0 Å². The molecular formula is C16H21N5O3. The highest BCUT2D eigenvalue weighted by Gasteiger charge is 2.44. The third kappa shape index (κ3) is 2.98. The van der Waals surface area contributed by atoms with Gasteiger partial charge in [0.05, 0.1) is 18.9 Å². The molecule has 1 unspecified atom stereocenters. The van der Waals surface area contributed by atoms with E-state index in [1.165, 1.54) is 0 Å². The van der Waals surface area contributed by atoms with Crippen LogP contribution < -0.4 is 16.8 Å². The molecule has 1 aromatic heterocycles. The highest BCUT2D eigenvalue weighted by atomic mass is 16.5. The highest BCUT2D eigenvalue weighted by molar-refractivity contribution is 6.00. The number of primary amides is 2. The summed E-state index contributed by atoms with van der Waals surface area (Å²) in [5.74, 6) is -1.21. The molecule has 1 saturated heterocycles. The Kier molecular flexibility index (Phi) is 4.50. The fourth-order valence-electron chi connectivity index (χ4n) is 3.16. The summed E-state index contributed by atoms with van der Waals surface area (Å²) < 4.78 is 5.34. The Labute approximate surface area is 139 Å². The van der Waals surface area contributed by atoms with E-state index in [1.807, 2.05) is 0 Å². The topological polar surface area (TPSA) is 124 Å². The Hall–Kier alpha value is -2.45. The second-order valence-corrected chi connectivity index (χ2v) is 5.96. The van der Waals surface area contributed by atoms with Gasteiger partial charge in [0, 0.05) is 31.4 Å². The zero-order chi connectivity index (χ0) is 17.2. The van der Waals surface area contributed by atoms with Gasteiger partial charge in [0.1, 0.15) is 11.2 Å². The first-order valence-electron chi connectivity index (χ1n) is 7.88. The zero-order valence-corrected chi connectivity index (χ0v) is 13.3. The number of nitrogens with one attached hydrogen (secondary N) is 1. The Morgan fingerprint density at radius 2 is 2.08 bits per heavy atom. The molecule has 1 atom stereocenters. The Balaban J connectivity index is 1.94. The lowest BCUT2D eigenvalue weighted by atomic mass is 9.81. The normalized spacial score (nSPS) is 23.8. The van der Waals surface area contributed by atoms with Gasteiger partial charge in [-0.3, -0.25) is 19.5 Å². The number of aromatic nitrogens is 1. The number of nitrogens with zero attached hydrogens (tertiary/aromatic N) is 2. The van der Waals surface area contributed by atoms with E-state index in [9.17, 15) is 9.59 Å². The fourth-order valence-corrected chi connectivity index (χ4v) is 3.16. The van der Waals surface area contributed by atoms with E-state index >= 15 is 0 Å². The molecule has 8 heteroatoms. The molecule has 1 fully saturated rings. The van der Waals surface area contributed by atoms with Crippen molar-refractivity contribution in [2.45, 2.75) is 12.0 Å². The molecule has 8 nitrogen and oxygen atoms in total. The standard InChI is InChI=1S/C16H21N5O3/c17-14(22)13-10-12-11(2-1-4-19-12)16(20-13,15(18)23)3-5-21-6-8-24-9-7-21/h1-2,4,10,20H,3,5-9H2,(H2,17,22)(H2,18,23). The van der Waals surface area contributed by atoms with Crippen LogP contribution in [0.15, 0.2) is 24.0 Å². The number of hydrogen-bond acceptors (Lipinski definition) is 6. The van der Waals surface area contributed by atoms with Crippen LogP contribution in [-0.4, -0.2) is 54.5 Å². The average Bonchev–Trinajstić information content (AvgIpc) is 2.60. The summed E-state index contributed by atoms with van der Waals surface area (Å²) in [6.07, 6.45) is 3.56. The van der Waals surface area contributed by atoms with Crippen molar-refractivity contribution >= 4 is 17.9 Å². The summed E-state index contributed by atoms with van der Waals surface area (Å²) in [5.41, 5.74) is 11.3. The van der Waals surface area contributed by atoms with Crippen LogP contribution in [0, 0.1) is 0 Å². The molecule has 0 bridgehead atoms. The minimum atomic E-state index is -1.21. The van der Waals surface area contributed by atoms with E-state index < -0.39 is 17.4 Å². The first-order valence-corrected chi connectivity index (χ1v) is 7.88. The molecule has 0 aromatic carbocycles. The van der Waals surface area contributed by atoms with Crippen molar-refractivity contribution in [3.8, 4) is 0 Å². The largest absolute Gasteiger partial charge is 0.379 e. The van der Waals surface area contributed by atoms with Gasteiger partial charge in [-0.1, -0.05) is 6.07 Å². The molecule has 3 rings (SSSR count). The van der Waals surface area contributed by atoms with Crippen molar-refractivity contribution in [2.75, 3.05) is 32.8 Å². The molecule has 5 N–H and O–H groups in total. The number of rotatable bonds is 5. The van der Waals surface area contributed by atoms with Gasteiger partial charge in [0.25, 0.3) is 5.91 Å². The maximum Gasteiger partial charge on any atom is 0.264 e. The number of morpholine rings is 1. The summed E-state index contributed by atoms with van der Waals surface area (Å²) in [7, 11) is 0. The monoisotopic (exact) mass is 331 g/mol. The molecular weight excluding hydrogens is 310 g/mol. The fraction of sp³-hybridized carbons (Fsp3) is 0.438. The number of amides is 2. The molecule has 0 spiro atoms. The van der Waals surface area contributed by atoms with Crippen LogP contribution in [0.25, 0.3) is 6.08 Å². The second kappa shape index (κ2) is 6.58. The van der Waals surface area contributed by atoms with Gasteiger partial charge in [0.15, 0.2) is 0 Å². The van der Waals surface area contributed by atoms with E-state index in [0.29, 0.717) is 37.4 Å². The number of ether oxygens (including phenoxy) is 1. The average molecular weight is 331 g/mol. The van der Waals surface area contributed by atoms with Crippen molar-refractivity contribution in [3.63, 3.8) is 0 Å². The summed E-state index contributed by atoms with van der Waals surface area (Å²) in [6, 6.07) is 3.55. The Morgan fingerprint density at radius 3 is 2.75 bits per heavy atom. The Bertz CT molecular complexity index is 684. The van der Waals surface area contributed by atoms with Gasteiger partial charge in [-0.25, -0.2) is 0 Å². The molecule has 128 valence electrons. The van der Waals surface area contributed by atoms with Crippen LogP contribution in [0.4, 0.5) is 0 Å². The summed E-state index contributed by atoms with van der Waals surface area (Å²) in [5, 5.41) is 2.98. The predicted octanol–water partition coefficient (Wildman–Crippen LogP) is -1.09. The molecule has 3 heterocycles. The van der Waals surface area contributed by atoms with Crippen LogP contribution in [0.1, 0.15) is 17.7 Å². The van der Waals surface area contributed by atoms with Crippen molar-refractivity contribution in [1.29, 1.82) is 0 Å². The number of nitrogens with two attached hydrogens (primary N) is 2. The minimum absolute atomic E-state index is 0.141. The smallest absolute Gasteiger partial charge is 0.264 e. The number of pyridine rings is 1. The SMILES string of the molecule is NC(=O)C1=Cc2ncccc2C(CCN2CCOCC2)(C(N)=O)N1. The zero-order valence-electron chi connectivity index (χ0n) is 13.3. The first kappa shape index (κ1) is 16.4. The van der Waals surface area contributed by atoms with Crippen molar-refractivity contribution in [3.05, 3.63) is 35.3 Å². The lowest BCUT2D eigenvalue weighted by Gasteiger charge is -2.38. The molecule has 24 heavy (non-hydrogen) atoms. The minimum Gasteiger partial charge on any atom is -0.379 e. The van der Waals surface area contributed by atoms with Crippen LogP contribution >= 0.6 is 0 Å². The summed E-state index contributed by atoms with van der Waals surface area (Å²) in [6.45, 7) is 3.57. The van der Waals surface area contributed by atoms with Crippen LogP contribution in [0.2, 0.25) is 0 Å². The van der Waals surface area contributed by atoms with Crippen LogP contribution in [0.5, 0.6) is 0 Å². The number of hydrogen-bond donors (Lipinski definition) is 3. The number of carbonyl (C=O) groups is 2. The quantitative estimate of drug-likeness (QED) is 0.630. The molecule has 1 aromatic rings. The van der Waals surface area contributed by atoms with Crippen LogP contribution in [0.3, 0.4) is 0 Å². The molecule has 2 amide bonds. The number of carbonyl (C=O) groups excluding carboxylic acids is 2. The third-order valence-corrected chi connectivity index (χ3v) is 4.52. The third-order valence-electron chi connectivity index (χ3n) is 4.52. The van der Waals surface area contributed by atoms with Gasteiger partial charge >= 0.3 is 0 Å². The van der Waals surface area contributed by atoms with Gasteiger partial charge in [-0.2, -0.15) is 0 Å².